The van der Waals surface area contributed by atoms with E-state index < -0.39 is 29.1 Å². The van der Waals surface area contributed by atoms with Gasteiger partial charge in [0, 0.05) is 19.8 Å². The van der Waals surface area contributed by atoms with Gasteiger partial charge in [-0.3, -0.25) is 4.79 Å². The third-order valence-electron chi connectivity index (χ3n) is 2.55. The number of carbonyl (C=O) groups excluding carboxylic acids is 1. The molecule has 0 unspecified atom stereocenters. The van der Waals surface area contributed by atoms with Crippen LogP contribution in [0.2, 0.25) is 0 Å². The molecule has 0 radical (unpaired) electrons. The lowest BCUT2D eigenvalue weighted by Crippen LogP contribution is -2.27. The molecule has 2 rings (SSSR count). The van der Waals surface area contributed by atoms with Gasteiger partial charge in [0.05, 0.1) is 0 Å². The van der Waals surface area contributed by atoms with Crippen molar-refractivity contribution < 1.29 is 34.4 Å². The van der Waals surface area contributed by atoms with Crippen LogP contribution < -0.4 is 0 Å². The molecule has 0 atom stereocenters. The minimum absolute atomic E-state index is 0. The third-order valence-corrected chi connectivity index (χ3v) is 2.55. The molecule has 104 valence electrons. The first-order valence-corrected chi connectivity index (χ1v) is 5.11. The molecule has 18 heavy (non-hydrogen) atoms. The highest BCUT2D eigenvalue weighted by molar-refractivity contribution is 5.84. The van der Waals surface area contributed by atoms with Gasteiger partial charge in [0.1, 0.15) is 0 Å². The van der Waals surface area contributed by atoms with Gasteiger partial charge in [0.15, 0.2) is 5.60 Å². The summed E-state index contributed by atoms with van der Waals surface area (Å²) in [5.41, 5.74) is -2.49. The number of aliphatic hydroxyl groups is 1. The van der Waals surface area contributed by atoms with Gasteiger partial charge in [0.25, 0.3) is 0 Å². The van der Waals surface area contributed by atoms with Crippen molar-refractivity contribution in [2.24, 2.45) is 0 Å². The summed E-state index contributed by atoms with van der Waals surface area (Å²) >= 11 is 0. The molecule has 0 amide bonds. The van der Waals surface area contributed by atoms with E-state index in [0.717, 1.165) is 0 Å². The second kappa shape index (κ2) is 5.34. The van der Waals surface area contributed by atoms with E-state index in [2.05, 4.69) is 4.74 Å². The van der Waals surface area contributed by atoms with E-state index in [0.29, 0.717) is 25.7 Å². The number of carbonyl (C=O) groups is 3. The molecule has 3 N–H and O–H groups in total. The maximum absolute atomic E-state index is 10.3. The van der Waals surface area contributed by atoms with Crippen LogP contribution in [0.5, 0.6) is 0 Å². The number of hydrogen-bond donors (Lipinski definition) is 3. The molecule has 0 spiro atoms. The normalized spacial score (nSPS) is 20.3. The molecular formula is C11H18O7. The molecule has 7 heteroatoms. The first-order chi connectivity index (χ1) is 7.72. The van der Waals surface area contributed by atoms with E-state index in [-0.39, 0.29) is 7.43 Å². The van der Waals surface area contributed by atoms with Crippen molar-refractivity contribution in [1.82, 2.24) is 0 Å². The van der Waals surface area contributed by atoms with Gasteiger partial charge < -0.3 is 20.1 Å². The van der Waals surface area contributed by atoms with Crippen molar-refractivity contribution in [3.05, 3.63) is 0 Å². The molecule has 0 saturated heterocycles. The van der Waals surface area contributed by atoms with Crippen LogP contribution in [-0.2, 0) is 19.1 Å². The minimum Gasteiger partial charge on any atom is -0.479 e. The second-order valence-electron chi connectivity index (χ2n) is 4.23. The zero-order valence-corrected chi connectivity index (χ0v) is 9.30. The molecule has 7 nitrogen and oxygen atoms in total. The number of esters is 1. The summed E-state index contributed by atoms with van der Waals surface area (Å²) in [7, 11) is 0. The molecule has 2 aliphatic rings. The lowest BCUT2D eigenvalue weighted by Gasteiger charge is -2.08. The van der Waals surface area contributed by atoms with Crippen molar-refractivity contribution >= 4 is 17.9 Å². The Morgan fingerprint density at radius 1 is 1.00 bits per heavy atom. The zero-order chi connectivity index (χ0) is 13.3. The zero-order valence-electron chi connectivity index (χ0n) is 9.30. The fourth-order valence-corrected chi connectivity index (χ4v) is 1.08. The van der Waals surface area contributed by atoms with Crippen molar-refractivity contribution in [1.29, 1.82) is 0 Å². The quantitative estimate of drug-likeness (QED) is 0.629. The predicted molar refractivity (Wildman–Crippen MR) is 59.9 cm³/mol. The average molecular weight is 262 g/mol. The SMILES string of the molecule is C.CC(=O)OC1(C(=O)O)CC1.O=C(O)C1(O)CC1. The maximum Gasteiger partial charge on any atom is 0.348 e. The van der Waals surface area contributed by atoms with Gasteiger partial charge in [-0.2, -0.15) is 0 Å². The Labute approximate surface area is 104 Å². The van der Waals surface area contributed by atoms with Crippen molar-refractivity contribution in [3.63, 3.8) is 0 Å². The highest BCUT2D eigenvalue weighted by Crippen LogP contribution is 2.39. The number of carboxylic acids is 2. The van der Waals surface area contributed by atoms with Gasteiger partial charge in [-0.1, -0.05) is 7.43 Å². The van der Waals surface area contributed by atoms with E-state index in [9.17, 15) is 14.4 Å². The molecule has 2 fully saturated rings. The fourth-order valence-electron chi connectivity index (χ4n) is 1.08. The maximum atomic E-state index is 10.3. The molecule has 0 aromatic rings. The molecule has 0 heterocycles. The summed E-state index contributed by atoms with van der Waals surface area (Å²) in [6, 6.07) is 0. The Morgan fingerprint density at radius 3 is 1.50 bits per heavy atom. The first-order valence-electron chi connectivity index (χ1n) is 5.11. The summed E-state index contributed by atoms with van der Waals surface area (Å²) in [6.45, 7) is 1.21. The van der Waals surface area contributed by atoms with Crippen LogP contribution in [0.15, 0.2) is 0 Å². The summed E-state index contributed by atoms with van der Waals surface area (Å²) in [6.07, 6.45) is 1.73. The van der Waals surface area contributed by atoms with Crippen molar-refractivity contribution in [2.75, 3.05) is 0 Å². The molecule has 0 aromatic carbocycles. The Kier molecular flexibility index (Phi) is 4.86. The highest BCUT2D eigenvalue weighted by atomic mass is 16.6. The summed E-state index contributed by atoms with van der Waals surface area (Å²) in [5, 5.41) is 25.1. The molecule has 0 bridgehead atoms. The molecule has 0 aliphatic heterocycles. The Morgan fingerprint density at radius 2 is 1.44 bits per heavy atom. The standard InChI is InChI=1S/C6H8O4.C4H6O3.CH4/c1-4(7)10-6(2-3-6)5(8)9;5-3(6)4(7)1-2-4;/h2-3H2,1H3,(H,8,9);7H,1-2H2,(H,5,6);1H4. The van der Waals surface area contributed by atoms with Crippen LogP contribution >= 0.6 is 0 Å². The number of rotatable bonds is 3. The Bertz CT molecular complexity index is 352. The van der Waals surface area contributed by atoms with E-state index in [1.54, 1.807) is 0 Å². The lowest BCUT2D eigenvalue weighted by atomic mass is 10.3. The van der Waals surface area contributed by atoms with Crippen molar-refractivity contribution in [2.45, 2.75) is 51.2 Å². The lowest BCUT2D eigenvalue weighted by molar-refractivity contribution is -0.165. The average Bonchev–Trinajstić information content (AvgIpc) is 3.04. The van der Waals surface area contributed by atoms with Crippen LogP contribution in [0, 0.1) is 0 Å². The Hall–Kier alpha value is -1.63. The van der Waals surface area contributed by atoms with E-state index in [1.165, 1.54) is 6.92 Å². The number of aliphatic carboxylic acids is 2. The van der Waals surface area contributed by atoms with Crippen LogP contribution in [0.4, 0.5) is 0 Å². The molecular weight excluding hydrogens is 244 g/mol. The van der Waals surface area contributed by atoms with Gasteiger partial charge in [0.2, 0.25) is 5.60 Å². The number of ether oxygens (including phenoxy) is 1. The first kappa shape index (κ1) is 16.4. The van der Waals surface area contributed by atoms with Gasteiger partial charge in [-0.15, -0.1) is 0 Å². The number of hydrogen-bond acceptors (Lipinski definition) is 5. The topological polar surface area (TPSA) is 121 Å². The largest absolute Gasteiger partial charge is 0.479 e. The fraction of sp³-hybridized carbons (Fsp3) is 0.727. The summed E-state index contributed by atoms with van der Waals surface area (Å²) in [4.78, 5) is 30.5. The smallest absolute Gasteiger partial charge is 0.348 e. The van der Waals surface area contributed by atoms with Crippen LogP contribution in [0.25, 0.3) is 0 Å². The van der Waals surface area contributed by atoms with Gasteiger partial charge >= 0.3 is 17.9 Å². The molecule has 2 aliphatic carbocycles. The predicted octanol–water partition coefficient (Wildman–Crippen LogP) is 0.399. The summed E-state index contributed by atoms with van der Waals surface area (Å²) < 4.78 is 4.57. The molecule has 2 saturated carbocycles. The monoisotopic (exact) mass is 262 g/mol. The van der Waals surface area contributed by atoms with E-state index in [1.807, 2.05) is 0 Å². The van der Waals surface area contributed by atoms with Gasteiger partial charge in [-0.05, 0) is 12.8 Å². The van der Waals surface area contributed by atoms with E-state index in [4.69, 9.17) is 15.3 Å². The number of carboxylic acid groups (broad SMARTS) is 2. The Balaban J connectivity index is 0.000000321. The third kappa shape index (κ3) is 3.99. The van der Waals surface area contributed by atoms with Crippen LogP contribution in [0.3, 0.4) is 0 Å². The van der Waals surface area contributed by atoms with Crippen LogP contribution in [0.1, 0.15) is 40.0 Å². The van der Waals surface area contributed by atoms with Gasteiger partial charge in [-0.25, -0.2) is 9.59 Å². The van der Waals surface area contributed by atoms with Crippen LogP contribution in [-0.4, -0.2) is 44.4 Å². The second-order valence-corrected chi connectivity index (χ2v) is 4.23. The van der Waals surface area contributed by atoms with E-state index >= 15 is 0 Å². The highest BCUT2D eigenvalue weighted by Gasteiger charge is 2.54. The van der Waals surface area contributed by atoms with Crippen molar-refractivity contribution in [3.8, 4) is 0 Å². The minimum atomic E-state index is -1.33. The summed E-state index contributed by atoms with van der Waals surface area (Å²) in [5.74, 6) is -2.66. The molecule has 0 aromatic heterocycles.